The molecule has 0 N–H and O–H groups in total. The molecule has 3 rings (SSSR count). The van der Waals surface area contributed by atoms with Crippen molar-refractivity contribution in [2.75, 3.05) is 0 Å². The van der Waals surface area contributed by atoms with Crippen LogP contribution in [0.5, 0.6) is 0 Å². The van der Waals surface area contributed by atoms with Gasteiger partial charge in [-0.1, -0.05) is 41.4 Å². The Balaban J connectivity index is 1.93. The predicted octanol–water partition coefficient (Wildman–Crippen LogP) is 5.75. The number of benzene rings is 2. The summed E-state index contributed by atoms with van der Waals surface area (Å²) in [7, 11) is 0. The average molecular weight is 342 g/mol. The van der Waals surface area contributed by atoms with Crippen molar-refractivity contribution in [3.63, 3.8) is 0 Å². The topological polar surface area (TPSA) is 30.0 Å². The standard InChI is InChI=1S/C19H13Cl2NO/c1-12-3-2-4-14-11-15(19(21)22-18(12)14)7-10-17(23)13-5-8-16(20)9-6-13/h2-11H,1H3/b10-7-. The number of carbonyl (C=O) groups excluding carboxylic acids is 1. The van der Waals surface area contributed by atoms with Crippen LogP contribution in [0.4, 0.5) is 0 Å². The SMILES string of the molecule is Cc1cccc2cc(/C=C\C(=O)c3ccc(Cl)cc3)c(Cl)nc12. The summed E-state index contributed by atoms with van der Waals surface area (Å²) in [5.41, 5.74) is 3.23. The average Bonchev–Trinajstić information content (AvgIpc) is 2.54. The van der Waals surface area contributed by atoms with E-state index < -0.39 is 0 Å². The van der Waals surface area contributed by atoms with E-state index in [-0.39, 0.29) is 5.78 Å². The fourth-order valence-corrected chi connectivity index (χ4v) is 2.66. The van der Waals surface area contributed by atoms with Gasteiger partial charge in [0.05, 0.1) is 5.52 Å². The Morgan fingerprint density at radius 3 is 2.57 bits per heavy atom. The highest BCUT2D eigenvalue weighted by molar-refractivity contribution is 6.31. The van der Waals surface area contributed by atoms with E-state index in [2.05, 4.69) is 4.98 Å². The van der Waals surface area contributed by atoms with Crippen molar-refractivity contribution in [3.05, 3.63) is 81.5 Å². The first kappa shape index (κ1) is 15.7. The highest BCUT2D eigenvalue weighted by Gasteiger charge is 2.06. The number of hydrogen-bond acceptors (Lipinski definition) is 2. The van der Waals surface area contributed by atoms with Crippen LogP contribution in [0.2, 0.25) is 10.2 Å². The first-order chi connectivity index (χ1) is 11.0. The van der Waals surface area contributed by atoms with Crippen molar-refractivity contribution < 1.29 is 4.79 Å². The number of aryl methyl sites for hydroxylation is 1. The molecular weight excluding hydrogens is 329 g/mol. The number of rotatable bonds is 3. The van der Waals surface area contributed by atoms with Crippen LogP contribution in [0.25, 0.3) is 17.0 Å². The minimum Gasteiger partial charge on any atom is -0.289 e. The van der Waals surface area contributed by atoms with Gasteiger partial charge in [-0.3, -0.25) is 4.79 Å². The molecule has 3 aromatic rings. The third-order valence-corrected chi connectivity index (χ3v) is 4.13. The molecule has 0 amide bonds. The lowest BCUT2D eigenvalue weighted by atomic mass is 10.1. The van der Waals surface area contributed by atoms with Crippen LogP contribution >= 0.6 is 23.2 Å². The van der Waals surface area contributed by atoms with Gasteiger partial charge in [0.1, 0.15) is 5.15 Å². The van der Waals surface area contributed by atoms with Crippen LogP contribution < -0.4 is 0 Å². The van der Waals surface area contributed by atoms with Crippen molar-refractivity contribution in [3.8, 4) is 0 Å². The summed E-state index contributed by atoms with van der Waals surface area (Å²) < 4.78 is 0. The van der Waals surface area contributed by atoms with Gasteiger partial charge in [-0.05, 0) is 55.0 Å². The number of pyridine rings is 1. The molecule has 2 aromatic carbocycles. The monoisotopic (exact) mass is 341 g/mol. The lowest BCUT2D eigenvalue weighted by Gasteiger charge is -2.04. The highest BCUT2D eigenvalue weighted by Crippen LogP contribution is 2.24. The van der Waals surface area contributed by atoms with Gasteiger partial charge in [-0.15, -0.1) is 0 Å². The van der Waals surface area contributed by atoms with Gasteiger partial charge in [0, 0.05) is 21.5 Å². The van der Waals surface area contributed by atoms with E-state index in [0.29, 0.717) is 21.3 Å². The van der Waals surface area contributed by atoms with E-state index >= 15 is 0 Å². The van der Waals surface area contributed by atoms with Crippen LogP contribution in [0.15, 0.2) is 54.6 Å². The molecule has 2 nitrogen and oxygen atoms in total. The van der Waals surface area contributed by atoms with Crippen LogP contribution in [-0.2, 0) is 0 Å². The summed E-state index contributed by atoms with van der Waals surface area (Å²) in [6.45, 7) is 1.99. The maximum absolute atomic E-state index is 12.2. The zero-order chi connectivity index (χ0) is 16.4. The number of carbonyl (C=O) groups is 1. The van der Waals surface area contributed by atoms with Gasteiger partial charge < -0.3 is 0 Å². The Morgan fingerprint density at radius 2 is 1.83 bits per heavy atom. The van der Waals surface area contributed by atoms with Crippen molar-refractivity contribution in [2.24, 2.45) is 0 Å². The second-order valence-electron chi connectivity index (χ2n) is 5.22. The van der Waals surface area contributed by atoms with E-state index in [1.807, 2.05) is 31.2 Å². The number of nitrogens with zero attached hydrogens (tertiary/aromatic N) is 1. The summed E-state index contributed by atoms with van der Waals surface area (Å²) in [5, 5.41) is 1.97. The zero-order valence-corrected chi connectivity index (χ0v) is 13.9. The maximum atomic E-state index is 12.2. The molecule has 23 heavy (non-hydrogen) atoms. The second kappa shape index (κ2) is 6.53. The van der Waals surface area contributed by atoms with E-state index in [1.165, 1.54) is 6.08 Å². The summed E-state index contributed by atoms with van der Waals surface area (Å²) >= 11 is 12.1. The van der Waals surface area contributed by atoms with Gasteiger partial charge in [0.2, 0.25) is 0 Å². The Hall–Kier alpha value is -2.16. The van der Waals surface area contributed by atoms with Crippen LogP contribution in [-0.4, -0.2) is 10.8 Å². The van der Waals surface area contributed by atoms with Crippen molar-refractivity contribution >= 4 is 46.0 Å². The Kier molecular flexibility index (Phi) is 4.46. The van der Waals surface area contributed by atoms with E-state index in [1.54, 1.807) is 30.3 Å². The van der Waals surface area contributed by atoms with Crippen LogP contribution in [0, 0.1) is 6.92 Å². The molecular formula is C19H13Cl2NO. The first-order valence-electron chi connectivity index (χ1n) is 7.08. The summed E-state index contributed by atoms with van der Waals surface area (Å²) in [5.74, 6) is -0.109. The second-order valence-corrected chi connectivity index (χ2v) is 6.01. The number of allylic oxidation sites excluding steroid dienone is 1. The largest absolute Gasteiger partial charge is 0.289 e. The van der Waals surface area contributed by atoms with Gasteiger partial charge >= 0.3 is 0 Å². The molecule has 0 aliphatic carbocycles. The Labute approximate surface area is 144 Å². The van der Waals surface area contributed by atoms with Crippen molar-refractivity contribution in [1.82, 2.24) is 4.98 Å². The molecule has 0 aliphatic rings. The maximum Gasteiger partial charge on any atom is 0.185 e. The minimum atomic E-state index is -0.109. The third-order valence-electron chi connectivity index (χ3n) is 3.57. The molecule has 0 saturated heterocycles. The highest BCUT2D eigenvalue weighted by atomic mass is 35.5. The number of halogens is 2. The van der Waals surface area contributed by atoms with E-state index in [0.717, 1.165) is 16.5 Å². The van der Waals surface area contributed by atoms with E-state index in [4.69, 9.17) is 23.2 Å². The van der Waals surface area contributed by atoms with Crippen LogP contribution in [0.3, 0.4) is 0 Å². The fourth-order valence-electron chi connectivity index (χ4n) is 2.33. The molecule has 0 bridgehead atoms. The molecule has 1 aromatic heterocycles. The summed E-state index contributed by atoms with van der Waals surface area (Å²) in [6.07, 6.45) is 3.18. The predicted molar refractivity (Wildman–Crippen MR) is 96.3 cm³/mol. The molecule has 0 radical (unpaired) electrons. The normalized spacial score (nSPS) is 11.3. The number of fused-ring (bicyclic) bond motifs is 1. The van der Waals surface area contributed by atoms with Gasteiger partial charge in [0.15, 0.2) is 5.78 Å². The Bertz CT molecular complexity index is 915. The fraction of sp³-hybridized carbons (Fsp3) is 0.0526. The van der Waals surface area contributed by atoms with Crippen molar-refractivity contribution in [1.29, 1.82) is 0 Å². The quantitative estimate of drug-likeness (QED) is 0.345. The van der Waals surface area contributed by atoms with Gasteiger partial charge in [-0.2, -0.15) is 0 Å². The Morgan fingerprint density at radius 1 is 1.09 bits per heavy atom. The lowest BCUT2D eigenvalue weighted by molar-refractivity contribution is 0.104. The number of para-hydroxylation sites is 1. The molecule has 0 saturated carbocycles. The molecule has 0 spiro atoms. The number of aromatic nitrogens is 1. The molecule has 0 unspecified atom stereocenters. The molecule has 114 valence electrons. The number of ketones is 1. The van der Waals surface area contributed by atoms with Crippen molar-refractivity contribution in [2.45, 2.75) is 6.92 Å². The first-order valence-corrected chi connectivity index (χ1v) is 7.84. The summed E-state index contributed by atoms with van der Waals surface area (Å²) in [6, 6.07) is 14.6. The molecule has 4 heteroatoms. The molecule has 0 aliphatic heterocycles. The van der Waals surface area contributed by atoms with E-state index in [9.17, 15) is 4.79 Å². The smallest absolute Gasteiger partial charge is 0.185 e. The molecule has 1 heterocycles. The van der Waals surface area contributed by atoms with Gasteiger partial charge in [0.25, 0.3) is 0 Å². The minimum absolute atomic E-state index is 0.109. The van der Waals surface area contributed by atoms with Crippen LogP contribution in [0.1, 0.15) is 21.5 Å². The lowest BCUT2D eigenvalue weighted by Crippen LogP contribution is -1.94. The zero-order valence-electron chi connectivity index (χ0n) is 12.4. The summed E-state index contributed by atoms with van der Waals surface area (Å²) in [4.78, 5) is 16.6. The third kappa shape index (κ3) is 3.44. The van der Waals surface area contributed by atoms with Gasteiger partial charge in [-0.25, -0.2) is 4.98 Å². The molecule has 0 fully saturated rings. The number of hydrogen-bond donors (Lipinski definition) is 0. The molecule has 0 atom stereocenters.